The molecule has 2 aliphatic rings. The Morgan fingerprint density at radius 2 is 1.74 bits per heavy atom. The van der Waals surface area contributed by atoms with Gasteiger partial charge in [0.15, 0.2) is 5.78 Å². The maximum Gasteiger partial charge on any atom is 0.425 e. The van der Waals surface area contributed by atoms with Crippen molar-refractivity contribution in [1.29, 1.82) is 0 Å². The molecule has 0 saturated heterocycles. The number of amides is 2. The van der Waals surface area contributed by atoms with Crippen LogP contribution in [0.25, 0.3) is 0 Å². The molecule has 1 aliphatic carbocycles. The van der Waals surface area contributed by atoms with Gasteiger partial charge in [0.05, 0.1) is 12.1 Å². The van der Waals surface area contributed by atoms with Crippen LogP contribution in [0.5, 0.6) is 0 Å². The summed E-state index contributed by atoms with van der Waals surface area (Å²) in [7, 11) is 0. The quantitative estimate of drug-likeness (QED) is 0.578. The average Bonchev–Trinajstić information content (AvgIpc) is 2.97. The molecule has 2 amide bonds. The molecule has 2 aromatic rings. The molecule has 0 aromatic heterocycles. The van der Waals surface area contributed by atoms with Crippen LogP contribution in [0, 0.1) is 11.2 Å². The van der Waals surface area contributed by atoms with Gasteiger partial charge >= 0.3 is 6.18 Å². The number of ketones is 1. The van der Waals surface area contributed by atoms with E-state index >= 15 is 0 Å². The first-order valence-electron chi connectivity index (χ1n) is 10.7. The van der Waals surface area contributed by atoms with Gasteiger partial charge in [-0.25, -0.2) is 4.39 Å². The van der Waals surface area contributed by atoms with Gasteiger partial charge in [0, 0.05) is 22.7 Å². The number of halogens is 5. The lowest BCUT2D eigenvalue weighted by atomic mass is 9.72. The normalized spacial score (nSPS) is 21.9. The van der Waals surface area contributed by atoms with Crippen LogP contribution < -0.4 is 5.32 Å². The van der Waals surface area contributed by atoms with Gasteiger partial charge in [-0.05, 0) is 47.7 Å². The van der Waals surface area contributed by atoms with E-state index in [9.17, 15) is 31.9 Å². The van der Waals surface area contributed by atoms with Gasteiger partial charge in [-0.3, -0.25) is 14.4 Å². The van der Waals surface area contributed by atoms with E-state index in [1.807, 2.05) is 5.32 Å². The van der Waals surface area contributed by atoms with Crippen LogP contribution in [0.4, 0.5) is 17.6 Å². The minimum atomic E-state index is -5.33. The third-order valence-electron chi connectivity index (χ3n) is 6.19. The Bertz CT molecular complexity index is 1250. The van der Waals surface area contributed by atoms with Gasteiger partial charge in [-0.15, -0.1) is 0 Å². The Balaban J connectivity index is 1.87. The molecule has 0 unspecified atom stereocenters. The van der Waals surface area contributed by atoms with Crippen LogP contribution in [0.15, 0.2) is 59.8 Å². The molecule has 0 spiro atoms. The Labute approximate surface area is 203 Å². The molecular weight excluding hydrogens is 488 g/mol. The lowest BCUT2D eigenvalue weighted by Crippen LogP contribution is -2.66. The van der Waals surface area contributed by atoms with Gasteiger partial charge in [-0.2, -0.15) is 13.2 Å². The fraction of sp³-hybridized carbons (Fsp3) is 0.320. The van der Waals surface area contributed by atoms with Gasteiger partial charge in [0.25, 0.3) is 11.8 Å². The highest BCUT2D eigenvalue weighted by molar-refractivity contribution is 6.31. The van der Waals surface area contributed by atoms with Crippen LogP contribution in [0.1, 0.15) is 42.6 Å². The number of nitrogens with one attached hydrogen (secondary N) is 1. The number of rotatable bonds is 4. The van der Waals surface area contributed by atoms with E-state index in [2.05, 4.69) is 0 Å². The van der Waals surface area contributed by atoms with Crippen molar-refractivity contribution in [2.24, 2.45) is 5.41 Å². The minimum Gasteiger partial charge on any atom is -0.326 e. The number of nitrogens with zero attached hydrogens (tertiary/aromatic N) is 1. The first-order valence-corrected chi connectivity index (χ1v) is 11.1. The topological polar surface area (TPSA) is 66.5 Å². The van der Waals surface area contributed by atoms with E-state index in [1.54, 1.807) is 13.8 Å². The van der Waals surface area contributed by atoms with E-state index in [4.69, 9.17) is 11.6 Å². The Kier molecular flexibility index (Phi) is 6.03. The van der Waals surface area contributed by atoms with Crippen LogP contribution in [0.2, 0.25) is 5.02 Å². The van der Waals surface area contributed by atoms with Gasteiger partial charge < -0.3 is 10.2 Å². The number of carbonyl (C=O) groups is 3. The number of carbonyl (C=O) groups excluding carboxylic acids is 3. The monoisotopic (exact) mass is 508 g/mol. The van der Waals surface area contributed by atoms with Crippen molar-refractivity contribution < 1.29 is 31.9 Å². The predicted molar refractivity (Wildman–Crippen MR) is 120 cm³/mol. The third kappa shape index (κ3) is 4.33. The Morgan fingerprint density at radius 1 is 1.09 bits per heavy atom. The van der Waals surface area contributed by atoms with E-state index < -0.39 is 46.1 Å². The standard InChI is InChI=1S/C25H21ClF4N2O3/c1-23(2)11-18-20(19(33)12-23)24(25(28,29)30,31-21(34)15-4-3-5-16(26)10-15)22(35)32(18)13-14-6-8-17(27)9-7-14/h3-10H,11-13H2,1-2H3,(H,31,34)/t24-/m0/s1. The van der Waals surface area contributed by atoms with Crippen LogP contribution in [-0.2, 0) is 16.1 Å². The maximum absolute atomic E-state index is 14.8. The highest BCUT2D eigenvalue weighted by Crippen LogP contribution is 2.52. The zero-order valence-electron chi connectivity index (χ0n) is 18.8. The van der Waals surface area contributed by atoms with Crippen molar-refractivity contribution in [1.82, 2.24) is 10.2 Å². The van der Waals surface area contributed by atoms with E-state index in [0.717, 1.165) is 23.1 Å². The Hall–Kier alpha value is -3.20. The second-order valence-electron chi connectivity index (χ2n) is 9.49. The Morgan fingerprint density at radius 3 is 2.34 bits per heavy atom. The van der Waals surface area contributed by atoms with E-state index in [-0.39, 0.29) is 35.7 Å². The van der Waals surface area contributed by atoms with Crippen molar-refractivity contribution in [2.75, 3.05) is 0 Å². The molecule has 1 heterocycles. The summed E-state index contributed by atoms with van der Waals surface area (Å²) < 4.78 is 57.8. The second-order valence-corrected chi connectivity index (χ2v) is 9.93. The summed E-state index contributed by atoms with van der Waals surface area (Å²) >= 11 is 5.88. The molecule has 4 rings (SSSR count). The summed E-state index contributed by atoms with van der Waals surface area (Å²) in [6.45, 7) is 3.10. The molecule has 0 bridgehead atoms. The van der Waals surface area contributed by atoms with Crippen LogP contribution >= 0.6 is 11.6 Å². The average molecular weight is 509 g/mol. The second kappa shape index (κ2) is 8.48. The third-order valence-corrected chi connectivity index (χ3v) is 6.42. The molecule has 1 aliphatic heterocycles. The molecule has 184 valence electrons. The fourth-order valence-electron chi connectivity index (χ4n) is 4.64. The number of alkyl halides is 3. The zero-order valence-corrected chi connectivity index (χ0v) is 19.6. The molecule has 0 saturated carbocycles. The molecule has 0 fully saturated rings. The number of allylic oxidation sites excluding steroid dienone is 1. The molecule has 10 heteroatoms. The zero-order chi connectivity index (χ0) is 25.8. The molecule has 35 heavy (non-hydrogen) atoms. The molecule has 1 N–H and O–H groups in total. The molecule has 0 radical (unpaired) electrons. The van der Waals surface area contributed by atoms with Crippen molar-refractivity contribution >= 4 is 29.2 Å². The van der Waals surface area contributed by atoms with Crippen molar-refractivity contribution in [3.05, 3.63) is 81.8 Å². The first-order chi connectivity index (χ1) is 16.2. The van der Waals surface area contributed by atoms with Gasteiger partial charge in [0.1, 0.15) is 5.82 Å². The number of Topliss-reactive ketones (excluding diaryl/α,β-unsaturated/α-hetero) is 1. The van der Waals surface area contributed by atoms with Gasteiger partial charge in [0.2, 0.25) is 5.54 Å². The summed E-state index contributed by atoms with van der Waals surface area (Å²) in [5.41, 5.74) is -4.97. The molecular formula is C25H21ClF4N2O3. The van der Waals surface area contributed by atoms with E-state index in [1.165, 1.54) is 30.3 Å². The predicted octanol–water partition coefficient (Wildman–Crippen LogP) is 5.20. The van der Waals surface area contributed by atoms with E-state index in [0.29, 0.717) is 5.56 Å². The molecule has 5 nitrogen and oxygen atoms in total. The molecule has 1 atom stereocenters. The highest BCUT2D eigenvalue weighted by Gasteiger charge is 2.71. The first kappa shape index (κ1) is 24.9. The minimum absolute atomic E-state index is 0.00583. The summed E-state index contributed by atoms with van der Waals surface area (Å²) in [6, 6.07) is 10.2. The number of hydrogen-bond acceptors (Lipinski definition) is 3. The maximum atomic E-state index is 14.8. The number of benzene rings is 2. The highest BCUT2D eigenvalue weighted by atomic mass is 35.5. The SMILES string of the molecule is CC1(C)CC(=O)C2=C(C1)N(Cc1ccc(F)cc1)C(=O)[C@]2(NC(=O)c1cccc(Cl)c1)C(F)(F)F. The van der Waals surface area contributed by atoms with Crippen molar-refractivity contribution in [2.45, 2.75) is 44.9 Å². The summed E-state index contributed by atoms with van der Waals surface area (Å²) in [5.74, 6) is -4.10. The fourth-order valence-corrected chi connectivity index (χ4v) is 4.83. The van der Waals surface area contributed by atoms with Crippen molar-refractivity contribution in [3.63, 3.8) is 0 Å². The summed E-state index contributed by atoms with van der Waals surface area (Å²) in [6.07, 6.45) is -5.55. The lowest BCUT2D eigenvalue weighted by molar-refractivity contribution is -0.190. The van der Waals surface area contributed by atoms with Crippen LogP contribution in [0.3, 0.4) is 0 Å². The van der Waals surface area contributed by atoms with Gasteiger partial charge in [-0.1, -0.05) is 43.6 Å². The van der Waals surface area contributed by atoms with Crippen LogP contribution in [-0.4, -0.2) is 34.2 Å². The largest absolute Gasteiger partial charge is 0.425 e. The lowest BCUT2D eigenvalue weighted by Gasteiger charge is -2.35. The number of hydrogen-bond donors (Lipinski definition) is 1. The smallest absolute Gasteiger partial charge is 0.326 e. The molecule has 2 aromatic carbocycles. The summed E-state index contributed by atoms with van der Waals surface area (Å²) in [4.78, 5) is 40.6. The summed E-state index contributed by atoms with van der Waals surface area (Å²) in [5, 5.41) is 1.97. The van der Waals surface area contributed by atoms with Crippen molar-refractivity contribution in [3.8, 4) is 0 Å².